The van der Waals surface area contributed by atoms with E-state index in [4.69, 9.17) is 5.26 Å². The van der Waals surface area contributed by atoms with Crippen LogP contribution in [0, 0.1) is 11.3 Å². The zero-order valence-corrected chi connectivity index (χ0v) is 7.07. The molecule has 0 fully saturated rings. The number of thiophene rings is 1. The molecule has 0 radical (unpaired) electrons. The van der Waals surface area contributed by atoms with Crippen LogP contribution >= 0.6 is 11.3 Å². The molecule has 1 aromatic rings. The van der Waals surface area contributed by atoms with Gasteiger partial charge in [-0.25, -0.2) is 8.78 Å². The molecule has 0 atom stereocenters. The lowest BCUT2D eigenvalue weighted by Gasteiger charge is -2.11. The lowest BCUT2D eigenvalue weighted by molar-refractivity contribution is -0.00805. The fraction of sp³-hybridized carbons (Fsp3) is 0.375. The molecule has 0 unspecified atom stereocenters. The van der Waals surface area contributed by atoms with Gasteiger partial charge in [0.2, 0.25) is 0 Å². The Bertz CT molecular complexity index is 274. The van der Waals surface area contributed by atoms with Gasteiger partial charge in [-0.3, -0.25) is 0 Å². The van der Waals surface area contributed by atoms with Gasteiger partial charge in [0.1, 0.15) is 0 Å². The fourth-order valence-corrected chi connectivity index (χ4v) is 1.56. The average Bonchev–Trinajstić information content (AvgIpc) is 2.53. The predicted octanol–water partition coefficient (Wildman–Crippen LogP) is 3.14. The van der Waals surface area contributed by atoms with Crippen LogP contribution in [0.2, 0.25) is 0 Å². The molecule has 0 N–H and O–H groups in total. The van der Waals surface area contributed by atoms with Crippen LogP contribution in [0.1, 0.15) is 17.7 Å². The lowest BCUT2D eigenvalue weighted by atomic mass is 10.1. The standard InChI is InChI=1S/C8H7F2NS/c9-8(10,4-2-5-11)7-3-1-6-12-7/h1,3,6H,2,4H2. The van der Waals surface area contributed by atoms with Gasteiger partial charge < -0.3 is 0 Å². The van der Waals surface area contributed by atoms with Crippen LogP contribution in [0.15, 0.2) is 17.5 Å². The van der Waals surface area contributed by atoms with Gasteiger partial charge in [-0.2, -0.15) is 5.26 Å². The molecular weight excluding hydrogens is 180 g/mol. The monoisotopic (exact) mass is 187 g/mol. The van der Waals surface area contributed by atoms with Crippen molar-refractivity contribution in [1.82, 2.24) is 0 Å². The highest BCUT2D eigenvalue weighted by Crippen LogP contribution is 2.35. The van der Waals surface area contributed by atoms with E-state index in [1.807, 2.05) is 0 Å². The second-order valence-corrected chi connectivity index (χ2v) is 3.29. The van der Waals surface area contributed by atoms with E-state index in [2.05, 4.69) is 0 Å². The summed E-state index contributed by atoms with van der Waals surface area (Å²) in [6.45, 7) is 0. The summed E-state index contributed by atoms with van der Waals surface area (Å²) < 4.78 is 26.1. The van der Waals surface area contributed by atoms with E-state index in [-0.39, 0.29) is 17.7 Å². The maximum atomic E-state index is 13.0. The fourth-order valence-electron chi connectivity index (χ4n) is 0.823. The molecule has 1 aromatic heterocycles. The van der Waals surface area contributed by atoms with E-state index in [0.29, 0.717) is 0 Å². The van der Waals surface area contributed by atoms with E-state index in [0.717, 1.165) is 11.3 Å². The van der Waals surface area contributed by atoms with Crippen molar-refractivity contribution < 1.29 is 8.78 Å². The quantitative estimate of drug-likeness (QED) is 0.713. The van der Waals surface area contributed by atoms with E-state index in [1.54, 1.807) is 17.5 Å². The molecule has 12 heavy (non-hydrogen) atoms. The number of hydrogen-bond donors (Lipinski definition) is 0. The summed E-state index contributed by atoms with van der Waals surface area (Å²) >= 11 is 1.02. The van der Waals surface area contributed by atoms with Crippen molar-refractivity contribution in [2.75, 3.05) is 0 Å². The summed E-state index contributed by atoms with van der Waals surface area (Å²) in [5.74, 6) is -2.83. The van der Waals surface area contributed by atoms with Crippen LogP contribution in [-0.2, 0) is 5.92 Å². The van der Waals surface area contributed by atoms with E-state index in [9.17, 15) is 8.78 Å². The summed E-state index contributed by atoms with van der Waals surface area (Å²) in [4.78, 5) is 0.0396. The lowest BCUT2D eigenvalue weighted by Crippen LogP contribution is -2.10. The van der Waals surface area contributed by atoms with Crippen molar-refractivity contribution >= 4 is 11.3 Å². The molecule has 0 aliphatic rings. The van der Waals surface area contributed by atoms with Crippen LogP contribution in [0.3, 0.4) is 0 Å². The number of halogens is 2. The molecule has 0 aliphatic heterocycles. The minimum Gasteiger partial charge on any atom is -0.200 e. The zero-order valence-electron chi connectivity index (χ0n) is 6.26. The molecule has 0 saturated heterocycles. The van der Waals surface area contributed by atoms with Crippen molar-refractivity contribution in [3.8, 4) is 6.07 Å². The molecule has 0 spiro atoms. The van der Waals surface area contributed by atoms with Gasteiger partial charge in [0.15, 0.2) is 0 Å². The highest BCUT2D eigenvalue weighted by atomic mass is 32.1. The van der Waals surface area contributed by atoms with Crippen molar-refractivity contribution in [3.63, 3.8) is 0 Å². The van der Waals surface area contributed by atoms with Gasteiger partial charge in [0.25, 0.3) is 5.92 Å². The Labute approximate surface area is 73.3 Å². The Morgan fingerprint density at radius 2 is 2.33 bits per heavy atom. The van der Waals surface area contributed by atoms with Crippen LogP contribution in [0.4, 0.5) is 8.78 Å². The minimum absolute atomic E-state index is 0.0396. The molecule has 1 heterocycles. The second kappa shape index (κ2) is 3.63. The van der Waals surface area contributed by atoms with Gasteiger partial charge in [-0.15, -0.1) is 11.3 Å². The molecule has 0 saturated carbocycles. The Hall–Kier alpha value is -0.950. The zero-order chi connectivity index (χ0) is 9.03. The summed E-state index contributed by atoms with van der Waals surface area (Å²) in [6.07, 6.45) is -0.491. The van der Waals surface area contributed by atoms with Gasteiger partial charge in [-0.05, 0) is 11.4 Å². The van der Waals surface area contributed by atoms with Crippen LogP contribution in [-0.4, -0.2) is 0 Å². The number of nitriles is 1. The highest BCUT2D eigenvalue weighted by Gasteiger charge is 2.31. The van der Waals surface area contributed by atoms with Gasteiger partial charge in [0.05, 0.1) is 10.9 Å². The summed E-state index contributed by atoms with van der Waals surface area (Å²) in [6, 6.07) is 4.68. The largest absolute Gasteiger partial charge is 0.283 e. The minimum atomic E-state index is -2.83. The first-order valence-corrected chi connectivity index (χ1v) is 4.33. The second-order valence-electron chi connectivity index (χ2n) is 2.34. The number of alkyl halides is 2. The maximum Gasteiger partial charge on any atom is 0.283 e. The van der Waals surface area contributed by atoms with Gasteiger partial charge in [0, 0.05) is 12.8 Å². The Morgan fingerprint density at radius 1 is 1.58 bits per heavy atom. The highest BCUT2D eigenvalue weighted by molar-refractivity contribution is 7.10. The first-order valence-electron chi connectivity index (χ1n) is 3.45. The predicted molar refractivity (Wildman–Crippen MR) is 43.1 cm³/mol. The summed E-state index contributed by atoms with van der Waals surface area (Å²) in [5, 5.41) is 9.75. The average molecular weight is 187 g/mol. The van der Waals surface area contributed by atoms with Crippen molar-refractivity contribution in [3.05, 3.63) is 22.4 Å². The summed E-state index contributed by atoms with van der Waals surface area (Å²) in [5.41, 5.74) is 0. The molecule has 4 heteroatoms. The van der Waals surface area contributed by atoms with Crippen molar-refractivity contribution in [2.24, 2.45) is 0 Å². The Balaban J connectivity index is 2.67. The van der Waals surface area contributed by atoms with E-state index < -0.39 is 5.92 Å². The first-order chi connectivity index (χ1) is 5.67. The van der Waals surface area contributed by atoms with Gasteiger partial charge in [-0.1, -0.05) is 6.07 Å². The number of hydrogen-bond acceptors (Lipinski definition) is 2. The van der Waals surface area contributed by atoms with Crippen LogP contribution in [0.25, 0.3) is 0 Å². The molecule has 64 valence electrons. The van der Waals surface area contributed by atoms with Crippen LogP contribution < -0.4 is 0 Å². The third-order valence-electron chi connectivity index (χ3n) is 1.43. The molecule has 0 aliphatic carbocycles. The SMILES string of the molecule is N#CCCC(F)(F)c1cccs1. The van der Waals surface area contributed by atoms with E-state index in [1.165, 1.54) is 6.07 Å². The Morgan fingerprint density at radius 3 is 2.83 bits per heavy atom. The smallest absolute Gasteiger partial charge is 0.200 e. The first kappa shape index (κ1) is 9.14. The molecule has 1 rings (SSSR count). The number of nitrogens with zero attached hydrogens (tertiary/aromatic N) is 1. The summed E-state index contributed by atoms with van der Waals surface area (Å²) in [7, 11) is 0. The van der Waals surface area contributed by atoms with Crippen LogP contribution in [0.5, 0.6) is 0 Å². The van der Waals surface area contributed by atoms with E-state index >= 15 is 0 Å². The molecular formula is C8H7F2NS. The normalized spacial score (nSPS) is 11.1. The van der Waals surface area contributed by atoms with Crippen molar-refractivity contribution in [1.29, 1.82) is 5.26 Å². The van der Waals surface area contributed by atoms with Crippen molar-refractivity contribution in [2.45, 2.75) is 18.8 Å². The Kier molecular flexibility index (Phi) is 2.77. The molecule has 0 aromatic carbocycles. The topological polar surface area (TPSA) is 23.8 Å². The maximum absolute atomic E-state index is 13.0. The number of rotatable bonds is 3. The third-order valence-corrected chi connectivity index (χ3v) is 2.41. The van der Waals surface area contributed by atoms with Gasteiger partial charge >= 0.3 is 0 Å². The third kappa shape index (κ3) is 2.02. The molecule has 0 bridgehead atoms. The molecule has 0 amide bonds. The molecule has 1 nitrogen and oxygen atoms in total.